The lowest BCUT2D eigenvalue weighted by molar-refractivity contribution is -0.137. The smallest absolute Gasteiger partial charge is 0.373 e. The largest absolute Gasteiger partial charge is 0.416 e. The van der Waals surface area contributed by atoms with Crippen molar-refractivity contribution >= 4 is 11.2 Å². The topological polar surface area (TPSA) is 78.6 Å². The quantitative estimate of drug-likeness (QED) is 0.311. The summed E-state index contributed by atoms with van der Waals surface area (Å²) in [4.78, 5) is 18.4. The van der Waals surface area contributed by atoms with Crippen LogP contribution in [0.4, 0.5) is 17.6 Å². The standard InChI is InChI=1S/C26H24F4N6O/c1-13-14(2)33-25-23(32-13)22(19-6-3-17(10-20(19)27)26(28,29)30)34-24(35-25)15-7-8-37-21(9-15)16-11-31-36(12-16)18-4-5-18/h3,6,10-12,15,18,21H,4-5,7-9H2,1-2H3/t15-,21-/m1/s1. The van der Waals surface area contributed by atoms with Crippen molar-refractivity contribution in [2.24, 2.45) is 0 Å². The van der Waals surface area contributed by atoms with Gasteiger partial charge in [-0.3, -0.25) is 4.68 Å². The molecule has 37 heavy (non-hydrogen) atoms. The molecule has 0 bridgehead atoms. The third-order valence-electron chi connectivity index (χ3n) is 7.07. The second-order valence-electron chi connectivity index (χ2n) is 9.76. The van der Waals surface area contributed by atoms with Crippen molar-refractivity contribution in [2.75, 3.05) is 6.61 Å². The van der Waals surface area contributed by atoms with Gasteiger partial charge in [-0.1, -0.05) is 0 Å². The second kappa shape index (κ2) is 8.83. The first-order valence-electron chi connectivity index (χ1n) is 12.2. The Kier molecular flexibility index (Phi) is 5.70. The van der Waals surface area contributed by atoms with Gasteiger partial charge in [-0.05, 0) is 57.7 Å². The van der Waals surface area contributed by atoms with E-state index in [9.17, 15) is 13.2 Å². The van der Waals surface area contributed by atoms with E-state index >= 15 is 4.39 Å². The van der Waals surface area contributed by atoms with E-state index in [0.717, 1.165) is 30.5 Å². The first-order chi connectivity index (χ1) is 17.7. The minimum Gasteiger partial charge on any atom is -0.373 e. The molecule has 4 aromatic rings. The summed E-state index contributed by atoms with van der Waals surface area (Å²) >= 11 is 0. The fourth-order valence-electron chi connectivity index (χ4n) is 4.70. The summed E-state index contributed by atoms with van der Waals surface area (Å²) in [5, 5.41) is 4.46. The number of aryl methyl sites for hydroxylation is 2. The van der Waals surface area contributed by atoms with Crippen LogP contribution in [0, 0.1) is 19.7 Å². The number of hydrogen-bond donors (Lipinski definition) is 0. The highest BCUT2D eigenvalue weighted by atomic mass is 19.4. The second-order valence-corrected chi connectivity index (χ2v) is 9.76. The van der Waals surface area contributed by atoms with Crippen LogP contribution in [0.2, 0.25) is 0 Å². The van der Waals surface area contributed by atoms with Crippen molar-refractivity contribution in [1.82, 2.24) is 29.7 Å². The van der Waals surface area contributed by atoms with Crippen LogP contribution in [0.25, 0.3) is 22.4 Å². The number of fused-ring (bicyclic) bond motifs is 1. The van der Waals surface area contributed by atoms with Crippen LogP contribution < -0.4 is 0 Å². The zero-order valence-electron chi connectivity index (χ0n) is 20.3. The molecule has 6 rings (SSSR count). The van der Waals surface area contributed by atoms with Crippen molar-refractivity contribution in [3.63, 3.8) is 0 Å². The molecular weight excluding hydrogens is 488 g/mol. The maximum atomic E-state index is 15.1. The van der Waals surface area contributed by atoms with Gasteiger partial charge in [-0.2, -0.15) is 18.3 Å². The number of hydrogen-bond acceptors (Lipinski definition) is 6. The summed E-state index contributed by atoms with van der Waals surface area (Å²) in [6, 6.07) is 2.89. The molecule has 11 heteroatoms. The molecule has 2 aliphatic rings. The molecule has 3 aromatic heterocycles. The molecule has 0 radical (unpaired) electrons. The van der Waals surface area contributed by atoms with Crippen molar-refractivity contribution in [1.29, 1.82) is 0 Å². The maximum Gasteiger partial charge on any atom is 0.416 e. The number of ether oxygens (including phenoxy) is 1. The first-order valence-corrected chi connectivity index (χ1v) is 12.2. The molecule has 0 N–H and O–H groups in total. The van der Waals surface area contributed by atoms with E-state index in [-0.39, 0.29) is 34.4 Å². The number of alkyl halides is 3. The van der Waals surface area contributed by atoms with Gasteiger partial charge in [0.25, 0.3) is 0 Å². The minimum atomic E-state index is -4.66. The molecule has 1 aliphatic carbocycles. The number of halogens is 4. The predicted molar refractivity (Wildman–Crippen MR) is 126 cm³/mol. The van der Waals surface area contributed by atoms with Gasteiger partial charge < -0.3 is 4.74 Å². The molecular formula is C26H24F4N6O. The van der Waals surface area contributed by atoms with Gasteiger partial charge in [0.2, 0.25) is 0 Å². The van der Waals surface area contributed by atoms with Gasteiger partial charge in [0.05, 0.1) is 35.3 Å². The van der Waals surface area contributed by atoms with Crippen LogP contribution in [0.15, 0.2) is 30.6 Å². The fraction of sp³-hybridized carbons (Fsp3) is 0.423. The van der Waals surface area contributed by atoms with E-state index in [1.807, 2.05) is 17.1 Å². The molecule has 192 valence electrons. The third-order valence-corrected chi connectivity index (χ3v) is 7.07. The molecule has 2 fully saturated rings. The van der Waals surface area contributed by atoms with E-state index in [4.69, 9.17) is 4.74 Å². The summed E-state index contributed by atoms with van der Waals surface area (Å²) in [7, 11) is 0. The lowest BCUT2D eigenvalue weighted by Crippen LogP contribution is -2.20. The van der Waals surface area contributed by atoms with Crippen LogP contribution in [-0.4, -0.2) is 36.3 Å². The Hall–Kier alpha value is -3.47. The van der Waals surface area contributed by atoms with E-state index < -0.39 is 17.6 Å². The number of rotatable bonds is 4. The van der Waals surface area contributed by atoms with Crippen LogP contribution in [0.5, 0.6) is 0 Å². The first kappa shape index (κ1) is 23.9. The van der Waals surface area contributed by atoms with Gasteiger partial charge in [0.15, 0.2) is 5.65 Å². The Morgan fingerprint density at radius 2 is 1.78 bits per heavy atom. The van der Waals surface area contributed by atoms with E-state index in [1.54, 1.807) is 13.8 Å². The van der Waals surface area contributed by atoms with Gasteiger partial charge in [0, 0.05) is 29.8 Å². The lowest BCUT2D eigenvalue weighted by atomic mass is 9.92. The molecule has 1 saturated heterocycles. The highest BCUT2D eigenvalue weighted by Gasteiger charge is 2.33. The Morgan fingerprint density at radius 3 is 2.51 bits per heavy atom. The van der Waals surface area contributed by atoms with Crippen molar-refractivity contribution in [2.45, 2.75) is 63.8 Å². The summed E-state index contributed by atoms with van der Waals surface area (Å²) in [6.07, 6.45) is 2.49. The van der Waals surface area contributed by atoms with Gasteiger partial charge in [-0.15, -0.1) is 0 Å². The van der Waals surface area contributed by atoms with Gasteiger partial charge >= 0.3 is 6.18 Å². The molecule has 1 saturated carbocycles. The van der Waals surface area contributed by atoms with Crippen molar-refractivity contribution < 1.29 is 22.3 Å². The van der Waals surface area contributed by atoms with Crippen LogP contribution in [-0.2, 0) is 10.9 Å². The Morgan fingerprint density at radius 1 is 1.00 bits per heavy atom. The molecule has 7 nitrogen and oxygen atoms in total. The van der Waals surface area contributed by atoms with Crippen LogP contribution >= 0.6 is 0 Å². The lowest BCUT2D eigenvalue weighted by Gasteiger charge is -2.28. The summed E-state index contributed by atoms with van der Waals surface area (Å²) in [5.41, 5.74) is 1.78. The summed E-state index contributed by atoms with van der Waals surface area (Å²) in [5.74, 6) is -0.701. The maximum absolute atomic E-state index is 15.1. The molecule has 0 unspecified atom stereocenters. The highest BCUT2D eigenvalue weighted by molar-refractivity contribution is 5.87. The molecule has 1 aromatic carbocycles. The molecule has 4 heterocycles. The monoisotopic (exact) mass is 512 g/mol. The summed E-state index contributed by atoms with van der Waals surface area (Å²) in [6.45, 7) is 4.03. The minimum absolute atomic E-state index is 0.0754. The Balaban J connectivity index is 1.41. The number of benzene rings is 1. The average Bonchev–Trinajstić information content (AvgIpc) is 3.60. The van der Waals surface area contributed by atoms with Crippen molar-refractivity contribution in [3.05, 3.63) is 64.7 Å². The average molecular weight is 513 g/mol. The zero-order valence-corrected chi connectivity index (χ0v) is 20.3. The third kappa shape index (κ3) is 4.56. The van der Waals surface area contributed by atoms with Crippen LogP contribution in [0.3, 0.4) is 0 Å². The molecule has 2 atom stereocenters. The highest BCUT2D eigenvalue weighted by Crippen LogP contribution is 2.40. The molecule has 0 spiro atoms. The van der Waals surface area contributed by atoms with Gasteiger partial charge in [0.1, 0.15) is 22.9 Å². The van der Waals surface area contributed by atoms with Crippen LogP contribution in [0.1, 0.15) is 72.1 Å². The van der Waals surface area contributed by atoms with Gasteiger partial charge in [-0.25, -0.2) is 24.3 Å². The Labute approximate surface area is 209 Å². The number of nitrogens with zero attached hydrogens (tertiary/aromatic N) is 6. The van der Waals surface area contributed by atoms with E-state index in [2.05, 4.69) is 25.0 Å². The Bertz CT molecular complexity index is 1500. The fourth-order valence-corrected chi connectivity index (χ4v) is 4.70. The van der Waals surface area contributed by atoms with Crippen molar-refractivity contribution in [3.8, 4) is 11.3 Å². The SMILES string of the molecule is Cc1nc2nc([C@@H]3CCO[C@@H](c4cnn(C5CC5)c4)C3)nc(-c3ccc(C(F)(F)F)cc3F)c2nc1C. The molecule has 1 aliphatic heterocycles. The predicted octanol–water partition coefficient (Wildman–Crippen LogP) is 6.03. The van der Waals surface area contributed by atoms with E-state index in [1.165, 1.54) is 0 Å². The molecule has 0 amide bonds. The number of aromatic nitrogens is 6. The van der Waals surface area contributed by atoms with E-state index in [0.29, 0.717) is 48.8 Å². The summed E-state index contributed by atoms with van der Waals surface area (Å²) < 4.78 is 62.5. The normalized spacial score (nSPS) is 20.5. The zero-order chi connectivity index (χ0) is 25.9.